The molecule has 0 heterocycles. The second-order valence-corrected chi connectivity index (χ2v) is 7.83. The molecule has 0 aromatic rings. The number of hydrogen-bond acceptors (Lipinski definition) is 2. The fourth-order valence-electron chi connectivity index (χ4n) is 4.64. The minimum absolute atomic E-state index is 0.150. The highest BCUT2D eigenvalue weighted by Gasteiger charge is 2.33. The molecule has 3 rings (SSSR count). The van der Waals surface area contributed by atoms with E-state index in [9.17, 15) is 9.59 Å². The molecule has 0 spiro atoms. The third-order valence-corrected chi connectivity index (χ3v) is 6.12. The lowest BCUT2D eigenvalue weighted by molar-refractivity contribution is -0.129. The van der Waals surface area contributed by atoms with Gasteiger partial charge in [-0.15, -0.1) is 0 Å². The van der Waals surface area contributed by atoms with E-state index < -0.39 is 0 Å². The van der Waals surface area contributed by atoms with Gasteiger partial charge in [0.05, 0.1) is 0 Å². The van der Waals surface area contributed by atoms with Crippen LogP contribution in [-0.2, 0) is 9.59 Å². The van der Waals surface area contributed by atoms with Gasteiger partial charge in [-0.3, -0.25) is 9.59 Å². The fourth-order valence-corrected chi connectivity index (χ4v) is 4.64. The maximum absolute atomic E-state index is 12.5. The van der Waals surface area contributed by atoms with E-state index in [1.807, 2.05) is 0 Å². The van der Waals surface area contributed by atoms with Crippen molar-refractivity contribution in [2.24, 2.45) is 11.8 Å². The number of rotatable bonds is 4. The van der Waals surface area contributed by atoms with Crippen LogP contribution in [0.1, 0.15) is 83.5 Å². The highest BCUT2D eigenvalue weighted by Crippen LogP contribution is 2.27. The van der Waals surface area contributed by atoms with Crippen LogP contribution in [0.15, 0.2) is 0 Å². The molecule has 3 aliphatic carbocycles. The zero-order valence-electron chi connectivity index (χ0n) is 14.3. The normalized spacial score (nSPS) is 30.1. The van der Waals surface area contributed by atoms with Crippen molar-refractivity contribution in [1.82, 2.24) is 10.6 Å². The van der Waals surface area contributed by atoms with Gasteiger partial charge in [0.15, 0.2) is 0 Å². The Labute approximate surface area is 140 Å². The molecule has 0 bridgehead atoms. The lowest BCUT2D eigenvalue weighted by Gasteiger charge is -2.28. The Balaban J connectivity index is 1.48. The number of nitrogens with one attached hydrogen (secondary N) is 2. The van der Waals surface area contributed by atoms with E-state index in [0.29, 0.717) is 0 Å². The van der Waals surface area contributed by atoms with Gasteiger partial charge >= 0.3 is 0 Å². The maximum Gasteiger partial charge on any atom is 0.223 e. The van der Waals surface area contributed by atoms with Crippen molar-refractivity contribution in [3.63, 3.8) is 0 Å². The summed E-state index contributed by atoms with van der Waals surface area (Å²) in [5.41, 5.74) is 0. The van der Waals surface area contributed by atoms with E-state index in [-0.39, 0.29) is 35.7 Å². The summed E-state index contributed by atoms with van der Waals surface area (Å²) in [6.45, 7) is 0. The molecule has 0 saturated heterocycles. The van der Waals surface area contributed by atoms with Crippen LogP contribution in [0, 0.1) is 11.8 Å². The summed E-state index contributed by atoms with van der Waals surface area (Å²) < 4.78 is 0. The second kappa shape index (κ2) is 8.16. The summed E-state index contributed by atoms with van der Waals surface area (Å²) in [6, 6.07) is 0.300. The topological polar surface area (TPSA) is 58.2 Å². The van der Waals surface area contributed by atoms with Crippen molar-refractivity contribution in [2.75, 3.05) is 0 Å². The van der Waals surface area contributed by atoms with E-state index in [0.717, 1.165) is 44.9 Å². The van der Waals surface area contributed by atoms with Gasteiger partial charge < -0.3 is 10.6 Å². The number of amides is 2. The van der Waals surface area contributed by atoms with E-state index in [2.05, 4.69) is 10.6 Å². The molecular formula is C19H32N2O2. The van der Waals surface area contributed by atoms with Crippen LogP contribution in [0.5, 0.6) is 0 Å². The van der Waals surface area contributed by atoms with Crippen LogP contribution in [0.2, 0.25) is 0 Å². The SMILES string of the molecule is O=C(N[C@@H]1CCC[C@H]1NC(=O)C1CCCCC1)C1CCCCC1. The van der Waals surface area contributed by atoms with Crippen molar-refractivity contribution in [3.8, 4) is 0 Å². The Morgan fingerprint density at radius 3 is 1.30 bits per heavy atom. The van der Waals surface area contributed by atoms with Gasteiger partial charge in [-0.2, -0.15) is 0 Å². The lowest BCUT2D eigenvalue weighted by Crippen LogP contribution is -2.51. The third kappa shape index (κ3) is 4.48. The number of carbonyl (C=O) groups excluding carboxylic acids is 2. The molecule has 23 heavy (non-hydrogen) atoms. The zero-order chi connectivity index (χ0) is 16.1. The summed E-state index contributed by atoms with van der Waals surface area (Å²) in [7, 11) is 0. The number of carbonyl (C=O) groups is 2. The van der Waals surface area contributed by atoms with E-state index in [4.69, 9.17) is 0 Å². The largest absolute Gasteiger partial charge is 0.351 e. The predicted molar refractivity (Wildman–Crippen MR) is 90.9 cm³/mol. The molecule has 2 atom stereocenters. The quantitative estimate of drug-likeness (QED) is 0.835. The Hall–Kier alpha value is -1.06. The Morgan fingerprint density at radius 2 is 0.913 bits per heavy atom. The average molecular weight is 320 g/mol. The van der Waals surface area contributed by atoms with Gasteiger partial charge in [-0.1, -0.05) is 38.5 Å². The standard InChI is InChI=1S/C19H32N2O2/c22-18(14-8-3-1-4-9-14)20-16-12-7-13-17(16)21-19(23)15-10-5-2-6-11-15/h14-17H,1-13H2,(H,20,22)(H,21,23)/t16-,17-/m1/s1. The summed E-state index contributed by atoms with van der Waals surface area (Å²) in [5.74, 6) is 0.875. The first-order valence-electron chi connectivity index (χ1n) is 9.85. The molecule has 3 saturated carbocycles. The average Bonchev–Trinajstić information content (AvgIpc) is 3.03. The molecule has 0 aromatic heterocycles. The molecule has 3 aliphatic rings. The first-order chi connectivity index (χ1) is 11.2. The molecule has 3 fully saturated rings. The minimum Gasteiger partial charge on any atom is -0.351 e. The molecule has 0 aromatic carbocycles. The smallest absolute Gasteiger partial charge is 0.223 e. The summed E-state index contributed by atoms with van der Waals surface area (Å²) in [6.07, 6.45) is 14.6. The first kappa shape index (κ1) is 16.8. The van der Waals surface area contributed by atoms with Gasteiger partial charge in [0.25, 0.3) is 0 Å². The van der Waals surface area contributed by atoms with Crippen LogP contribution in [0.25, 0.3) is 0 Å². The van der Waals surface area contributed by atoms with Crippen LogP contribution in [0.4, 0.5) is 0 Å². The minimum atomic E-state index is 0.150. The number of hydrogen-bond donors (Lipinski definition) is 2. The highest BCUT2D eigenvalue weighted by molar-refractivity contribution is 5.80. The molecule has 0 radical (unpaired) electrons. The maximum atomic E-state index is 12.5. The van der Waals surface area contributed by atoms with Gasteiger partial charge in [-0.25, -0.2) is 0 Å². The monoisotopic (exact) mass is 320 g/mol. The van der Waals surface area contributed by atoms with Crippen molar-refractivity contribution in [1.29, 1.82) is 0 Å². The molecular weight excluding hydrogens is 288 g/mol. The van der Waals surface area contributed by atoms with Gasteiger partial charge in [0.2, 0.25) is 11.8 Å². The van der Waals surface area contributed by atoms with Crippen molar-refractivity contribution < 1.29 is 9.59 Å². The Morgan fingerprint density at radius 1 is 0.522 bits per heavy atom. The fraction of sp³-hybridized carbons (Fsp3) is 0.895. The van der Waals surface area contributed by atoms with Crippen LogP contribution >= 0.6 is 0 Å². The molecule has 0 aliphatic heterocycles. The highest BCUT2D eigenvalue weighted by atomic mass is 16.2. The summed E-state index contributed by atoms with van der Waals surface area (Å²) >= 11 is 0. The third-order valence-electron chi connectivity index (χ3n) is 6.12. The van der Waals surface area contributed by atoms with Crippen molar-refractivity contribution >= 4 is 11.8 Å². The second-order valence-electron chi connectivity index (χ2n) is 7.83. The van der Waals surface area contributed by atoms with Crippen LogP contribution < -0.4 is 10.6 Å². The molecule has 2 amide bonds. The zero-order valence-corrected chi connectivity index (χ0v) is 14.3. The van der Waals surface area contributed by atoms with Gasteiger partial charge in [0.1, 0.15) is 0 Å². The van der Waals surface area contributed by atoms with Crippen molar-refractivity contribution in [2.45, 2.75) is 95.6 Å². The lowest BCUT2D eigenvalue weighted by atomic mass is 9.88. The Bertz CT molecular complexity index is 374. The first-order valence-corrected chi connectivity index (χ1v) is 9.85. The van der Waals surface area contributed by atoms with Crippen LogP contribution in [-0.4, -0.2) is 23.9 Å². The molecule has 0 unspecified atom stereocenters. The summed E-state index contributed by atoms with van der Waals surface area (Å²) in [5, 5.41) is 6.51. The molecule has 4 nitrogen and oxygen atoms in total. The van der Waals surface area contributed by atoms with Crippen LogP contribution in [0.3, 0.4) is 0 Å². The van der Waals surface area contributed by atoms with E-state index in [1.165, 1.54) is 38.5 Å². The van der Waals surface area contributed by atoms with Crippen molar-refractivity contribution in [3.05, 3.63) is 0 Å². The van der Waals surface area contributed by atoms with Gasteiger partial charge in [-0.05, 0) is 44.9 Å². The Kier molecular flexibility index (Phi) is 5.96. The summed E-state index contributed by atoms with van der Waals surface area (Å²) in [4.78, 5) is 24.9. The molecule has 4 heteroatoms. The van der Waals surface area contributed by atoms with E-state index >= 15 is 0 Å². The predicted octanol–water partition coefficient (Wildman–Crippen LogP) is 3.30. The van der Waals surface area contributed by atoms with E-state index in [1.54, 1.807) is 0 Å². The van der Waals surface area contributed by atoms with Gasteiger partial charge in [0, 0.05) is 23.9 Å². The molecule has 2 N–H and O–H groups in total. The molecule has 130 valence electrons.